The Balaban J connectivity index is 1.60. The van der Waals surface area contributed by atoms with Crippen molar-refractivity contribution in [3.63, 3.8) is 0 Å². The second-order valence-corrected chi connectivity index (χ2v) is 8.63. The monoisotopic (exact) mass is 324 g/mol. The zero-order valence-corrected chi connectivity index (χ0v) is 16.3. The molecule has 0 aromatic carbocycles. The van der Waals surface area contributed by atoms with Gasteiger partial charge in [-0.25, -0.2) is 0 Å². The number of nitrogens with zero attached hydrogens (tertiary/aromatic N) is 2. The van der Waals surface area contributed by atoms with Crippen molar-refractivity contribution in [2.75, 3.05) is 39.3 Å². The van der Waals surface area contributed by atoms with Crippen molar-refractivity contribution in [2.45, 2.75) is 72.4 Å². The fraction of sp³-hybridized carbons (Fsp3) is 1.00. The average molecular weight is 325 g/mol. The average Bonchev–Trinajstić information content (AvgIpc) is 2.54. The van der Waals surface area contributed by atoms with Gasteiger partial charge in [0.1, 0.15) is 0 Å². The van der Waals surface area contributed by atoms with Crippen molar-refractivity contribution in [3.8, 4) is 0 Å². The molecule has 1 atom stereocenters. The maximum atomic E-state index is 6.16. The third-order valence-corrected chi connectivity index (χ3v) is 6.18. The second kappa shape index (κ2) is 9.39. The van der Waals surface area contributed by atoms with E-state index in [0.29, 0.717) is 18.1 Å². The normalized spacial score (nSPS) is 29.3. The van der Waals surface area contributed by atoms with E-state index in [-0.39, 0.29) is 0 Å². The van der Waals surface area contributed by atoms with Crippen LogP contribution in [0.5, 0.6) is 0 Å². The highest BCUT2D eigenvalue weighted by molar-refractivity contribution is 4.79. The van der Waals surface area contributed by atoms with Gasteiger partial charge >= 0.3 is 0 Å². The minimum absolute atomic E-state index is 0.533. The van der Waals surface area contributed by atoms with Gasteiger partial charge in [-0.05, 0) is 57.3 Å². The molecule has 136 valence electrons. The number of rotatable bonds is 7. The van der Waals surface area contributed by atoms with E-state index in [1.165, 1.54) is 58.4 Å². The Kier molecular flexibility index (Phi) is 7.84. The molecule has 0 unspecified atom stereocenters. The van der Waals surface area contributed by atoms with E-state index in [0.717, 1.165) is 18.4 Å². The predicted octanol–water partition coefficient (Wildman–Crippen LogP) is 3.88. The molecule has 2 rings (SSSR count). The lowest BCUT2D eigenvalue weighted by molar-refractivity contribution is -0.00982. The van der Waals surface area contributed by atoms with Crippen LogP contribution in [0.3, 0.4) is 0 Å². The fourth-order valence-corrected chi connectivity index (χ4v) is 3.79. The van der Waals surface area contributed by atoms with Crippen LogP contribution in [0.1, 0.15) is 60.3 Å². The summed E-state index contributed by atoms with van der Waals surface area (Å²) in [5.74, 6) is 2.32. The summed E-state index contributed by atoms with van der Waals surface area (Å²) in [7, 11) is 0. The topological polar surface area (TPSA) is 15.7 Å². The molecule has 0 bridgehead atoms. The smallest absolute Gasteiger partial charge is 0.0575 e. The van der Waals surface area contributed by atoms with Crippen LogP contribution < -0.4 is 0 Å². The third-order valence-electron chi connectivity index (χ3n) is 6.18. The fourth-order valence-electron chi connectivity index (χ4n) is 3.79. The Morgan fingerprint density at radius 3 is 2.00 bits per heavy atom. The highest BCUT2D eigenvalue weighted by atomic mass is 16.5. The molecular weight excluding hydrogens is 284 g/mol. The first-order valence-corrected chi connectivity index (χ1v) is 10.0. The Morgan fingerprint density at radius 1 is 0.870 bits per heavy atom. The summed E-state index contributed by atoms with van der Waals surface area (Å²) in [6, 6.07) is 0.706. The first-order chi connectivity index (χ1) is 11.0. The highest BCUT2D eigenvalue weighted by Gasteiger charge is 2.26. The maximum absolute atomic E-state index is 6.16. The van der Waals surface area contributed by atoms with Crippen molar-refractivity contribution >= 4 is 0 Å². The molecule has 0 N–H and O–H groups in total. The van der Waals surface area contributed by atoms with Crippen LogP contribution in [0.15, 0.2) is 0 Å². The summed E-state index contributed by atoms with van der Waals surface area (Å²) >= 11 is 0. The van der Waals surface area contributed by atoms with Crippen LogP contribution in [-0.4, -0.2) is 61.3 Å². The van der Waals surface area contributed by atoms with Gasteiger partial charge in [0.15, 0.2) is 0 Å². The van der Waals surface area contributed by atoms with E-state index in [1.807, 2.05) is 0 Å². The van der Waals surface area contributed by atoms with Crippen molar-refractivity contribution < 1.29 is 4.74 Å². The maximum Gasteiger partial charge on any atom is 0.0575 e. The second-order valence-electron chi connectivity index (χ2n) is 8.63. The number of hydrogen-bond donors (Lipinski definition) is 0. The molecule has 0 aromatic rings. The number of ether oxygens (including phenoxy) is 1. The van der Waals surface area contributed by atoms with Gasteiger partial charge in [-0.2, -0.15) is 0 Å². The third kappa shape index (κ3) is 6.36. The molecule has 3 heteroatoms. The zero-order chi connectivity index (χ0) is 16.8. The van der Waals surface area contributed by atoms with Crippen LogP contribution in [0.25, 0.3) is 0 Å². The van der Waals surface area contributed by atoms with Gasteiger partial charge in [0.25, 0.3) is 0 Å². The quantitative estimate of drug-likeness (QED) is 0.707. The van der Waals surface area contributed by atoms with Gasteiger partial charge < -0.3 is 9.64 Å². The molecule has 2 fully saturated rings. The first kappa shape index (κ1) is 19.2. The summed E-state index contributed by atoms with van der Waals surface area (Å²) in [6.45, 7) is 18.8. The largest absolute Gasteiger partial charge is 0.378 e. The van der Waals surface area contributed by atoms with Gasteiger partial charge in [0.05, 0.1) is 6.10 Å². The summed E-state index contributed by atoms with van der Waals surface area (Å²) < 4.78 is 6.16. The standard InChI is InChI=1S/C20H40N2O/c1-16(2)18(5)15-23-20-8-6-19(7-9-20)14-21-10-12-22(13-11-21)17(3)4/h16-20H,6-15H2,1-5H3/t18-,19?,20?/m1/s1. The van der Waals surface area contributed by atoms with Crippen LogP contribution in [0.4, 0.5) is 0 Å². The van der Waals surface area contributed by atoms with Crippen molar-refractivity contribution in [2.24, 2.45) is 17.8 Å². The van der Waals surface area contributed by atoms with E-state index in [4.69, 9.17) is 4.74 Å². The van der Waals surface area contributed by atoms with Gasteiger partial charge in [-0.3, -0.25) is 4.90 Å². The summed E-state index contributed by atoms with van der Waals surface area (Å²) in [4.78, 5) is 5.31. The summed E-state index contributed by atoms with van der Waals surface area (Å²) in [6.07, 6.45) is 5.82. The molecule has 1 saturated carbocycles. The van der Waals surface area contributed by atoms with Gasteiger partial charge in [0.2, 0.25) is 0 Å². The van der Waals surface area contributed by atoms with Crippen LogP contribution >= 0.6 is 0 Å². The van der Waals surface area contributed by atoms with Gasteiger partial charge in [-0.15, -0.1) is 0 Å². The minimum atomic E-state index is 0.533. The van der Waals surface area contributed by atoms with E-state index < -0.39 is 0 Å². The molecule has 0 spiro atoms. The van der Waals surface area contributed by atoms with Crippen LogP contribution in [0.2, 0.25) is 0 Å². The molecule has 2 aliphatic rings. The SMILES string of the molecule is CC(C)[C@H](C)COC1CCC(CN2CCN(C(C)C)CC2)CC1. The number of piperazine rings is 1. The molecule has 1 heterocycles. The first-order valence-electron chi connectivity index (χ1n) is 10.0. The Hall–Kier alpha value is -0.120. The molecule has 1 saturated heterocycles. The van der Waals surface area contributed by atoms with Crippen molar-refractivity contribution in [3.05, 3.63) is 0 Å². The van der Waals surface area contributed by atoms with Gasteiger partial charge in [0, 0.05) is 45.4 Å². The molecule has 23 heavy (non-hydrogen) atoms. The Labute approximate surface area is 144 Å². The Bertz CT molecular complexity index is 316. The zero-order valence-electron chi connectivity index (χ0n) is 16.3. The predicted molar refractivity (Wildman–Crippen MR) is 98.8 cm³/mol. The molecule has 0 amide bonds. The van der Waals surface area contributed by atoms with Crippen LogP contribution in [0, 0.1) is 17.8 Å². The van der Waals surface area contributed by atoms with Crippen LogP contribution in [-0.2, 0) is 4.74 Å². The van der Waals surface area contributed by atoms with Gasteiger partial charge in [-0.1, -0.05) is 20.8 Å². The van der Waals surface area contributed by atoms with E-state index in [1.54, 1.807) is 0 Å². The van der Waals surface area contributed by atoms with E-state index in [2.05, 4.69) is 44.4 Å². The van der Waals surface area contributed by atoms with E-state index >= 15 is 0 Å². The molecule has 1 aliphatic carbocycles. The molecule has 0 radical (unpaired) electrons. The summed E-state index contributed by atoms with van der Waals surface area (Å²) in [5.41, 5.74) is 0. The van der Waals surface area contributed by atoms with Crippen molar-refractivity contribution in [1.82, 2.24) is 9.80 Å². The molecule has 1 aliphatic heterocycles. The van der Waals surface area contributed by atoms with E-state index in [9.17, 15) is 0 Å². The van der Waals surface area contributed by atoms with Crippen molar-refractivity contribution in [1.29, 1.82) is 0 Å². The summed E-state index contributed by atoms with van der Waals surface area (Å²) in [5, 5.41) is 0. The lowest BCUT2D eigenvalue weighted by atomic mass is 9.86. The minimum Gasteiger partial charge on any atom is -0.378 e. The molecular formula is C20H40N2O. The molecule has 3 nitrogen and oxygen atoms in total. The highest BCUT2D eigenvalue weighted by Crippen LogP contribution is 2.28. The lowest BCUT2D eigenvalue weighted by Crippen LogP contribution is -2.50. The number of hydrogen-bond acceptors (Lipinski definition) is 3. The lowest BCUT2D eigenvalue weighted by Gasteiger charge is -2.39. The Morgan fingerprint density at radius 2 is 1.48 bits per heavy atom. The molecule has 0 aromatic heterocycles.